The zero-order valence-corrected chi connectivity index (χ0v) is 9.10. The maximum atomic E-state index is 13.2. The van der Waals surface area contributed by atoms with Gasteiger partial charge < -0.3 is 4.98 Å². The Bertz CT molecular complexity index is 465. The second-order valence-electron chi connectivity index (χ2n) is 3.02. The van der Waals surface area contributed by atoms with Crippen LogP contribution in [-0.4, -0.2) is 9.97 Å². The van der Waals surface area contributed by atoms with Gasteiger partial charge >= 0.3 is 0 Å². The smallest absolute Gasteiger partial charge is 0.138 e. The summed E-state index contributed by atoms with van der Waals surface area (Å²) in [6.45, 7) is 1.91. The van der Waals surface area contributed by atoms with Crippen LogP contribution in [0.15, 0.2) is 28.9 Å². The molecule has 0 spiro atoms. The quantitative estimate of drug-likeness (QED) is 0.832. The van der Waals surface area contributed by atoms with Gasteiger partial charge in [-0.05, 0) is 35.0 Å². The summed E-state index contributed by atoms with van der Waals surface area (Å²) in [4.78, 5) is 7.19. The van der Waals surface area contributed by atoms with Gasteiger partial charge in [-0.15, -0.1) is 0 Å². The average molecular weight is 255 g/mol. The van der Waals surface area contributed by atoms with Crippen LogP contribution >= 0.6 is 15.9 Å². The van der Waals surface area contributed by atoms with Crippen LogP contribution in [0.4, 0.5) is 4.39 Å². The maximum absolute atomic E-state index is 13.2. The number of aromatic amines is 1. The number of hydrogen-bond acceptors (Lipinski definition) is 1. The summed E-state index contributed by atoms with van der Waals surface area (Å²) in [5.74, 6) is 0.394. The highest BCUT2D eigenvalue weighted by Gasteiger charge is 2.09. The Morgan fingerprint density at radius 1 is 1.43 bits per heavy atom. The second-order valence-corrected chi connectivity index (χ2v) is 3.81. The largest absolute Gasteiger partial charge is 0.342 e. The van der Waals surface area contributed by atoms with Gasteiger partial charge in [-0.3, -0.25) is 0 Å². The molecule has 4 heteroatoms. The molecule has 0 saturated heterocycles. The van der Waals surface area contributed by atoms with Gasteiger partial charge in [0.05, 0.1) is 4.47 Å². The van der Waals surface area contributed by atoms with E-state index in [2.05, 4.69) is 25.9 Å². The molecule has 0 radical (unpaired) electrons. The summed E-state index contributed by atoms with van der Waals surface area (Å²) < 4.78 is 13.6. The topological polar surface area (TPSA) is 28.7 Å². The lowest BCUT2D eigenvalue weighted by Gasteiger charge is -2.01. The molecular formula is C10H8BrFN2. The Hall–Kier alpha value is -1.16. The van der Waals surface area contributed by atoms with Crippen molar-refractivity contribution in [2.45, 2.75) is 6.92 Å². The predicted octanol–water partition coefficient (Wildman–Crippen LogP) is 3.29. The van der Waals surface area contributed by atoms with Crippen LogP contribution in [0.25, 0.3) is 11.4 Å². The van der Waals surface area contributed by atoms with E-state index in [1.165, 1.54) is 6.07 Å². The molecule has 0 aliphatic heterocycles. The van der Waals surface area contributed by atoms with Crippen molar-refractivity contribution in [2.24, 2.45) is 0 Å². The third-order valence-corrected chi connectivity index (χ3v) is 2.72. The van der Waals surface area contributed by atoms with Crippen LogP contribution in [0.5, 0.6) is 0 Å². The van der Waals surface area contributed by atoms with Crippen molar-refractivity contribution in [1.29, 1.82) is 0 Å². The normalized spacial score (nSPS) is 10.5. The highest BCUT2D eigenvalue weighted by Crippen LogP contribution is 2.27. The number of rotatable bonds is 1. The maximum Gasteiger partial charge on any atom is 0.138 e. The fourth-order valence-electron chi connectivity index (χ4n) is 1.24. The minimum atomic E-state index is -0.281. The molecule has 1 aromatic carbocycles. The zero-order valence-electron chi connectivity index (χ0n) is 7.51. The lowest BCUT2D eigenvalue weighted by Crippen LogP contribution is -1.85. The Labute approximate surface area is 89.3 Å². The van der Waals surface area contributed by atoms with Gasteiger partial charge in [0.25, 0.3) is 0 Å². The number of aryl methyl sites for hydroxylation is 1. The summed E-state index contributed by atoms with van der Waals surface area (Å²) in [6.07, 6.45) is 1.71. The Balaban J connectivity index is 2.57. The number of nitrogens with zero attached hydrogens (tertiary/aromatic N) is 1. The molecule has 1 N–H and O–H groups in total. The number of halogens is 2. The SMILES string of the molecule is Cc1cnc(-c2cccc(F)c2Br)[nH]1. The molecule has 1 aromatic heterocycles. The van der Waals surface area contributed by atoms with Gasteiger partial charge in [0.2, 0.25) is 0 Å². The van der Waals surface area contributed by atoms with Gasteiger partial charge in [0.1, 0.15) is 11.6 Å². The molecule has 0 amide bonds. The van der Waals surface area contributed by atoms with Crippen LogP contribution in [0.2, 0.25) is 0 Å². The number of nitrogens with one attached hydrogen (secondary N) is 1. The van der Waals surface area contributed by atoms with E-state index < -0.39 is 0 Å². The number of imidazole rings is 1. The van der Waals surface area contributed by atoms with Crippen molar-refractivity contribution in [1.82, 2.24) is 9.97 Å². The summed E-state index contributed by atoms with van der Waals surface area (Å²) in [7, 11) is 0. The van der Waals surface area contributed by atoms with Crippen molar-refractivity contribution in [2.75, 3.05) is 0 Å². The van der Waals surface area contributed by atoms with Gasteiger partial charge in [0, 0.05) is 17.5 Å². The van der Waals surface area contributed by atoms with E-state index in [0.717, 1.165) is 11.3 Å². The highest BCUT2D eigenvalue weighted by atomic mass is 79.9. The van der Waals surface area contributed by atoms with E-state index in [4.69, 9.17) is 0 Å². The highest BCUT2D eigenvalue weighted by molar-refractivity contribution is 9.10. The summed E-state index contributed by atoms with van der Waals surface area (Å²) >= 11 is 3.19. The number of aromatic nitrogens is 2. The monoisotopic (exact) mass is 254 g/mol. The third-order valence-electron chi connectivity index (χ3n) is 1.91. The number of H-pyrrole nitrogens is 1. The van der Waals surface area contributed by atoms with E-state index in [-0.39, 0.29) is 5.82 Å². The molecule has 72 valence electrons. The lowest BCUT2D eigenvalue weighted by atomic mass is 10.2. The van der Waals surface area contributed by atoms with Crippen LogP contribution in [-0.2, 0) is 0 Å². The van der Waals surface area contributed by atoms with Crippen LogP contribution in [0, 0.1) is 12.7 Å². The lowest BCUT2D eigenvalue weighted by molar-refractivity contribution is 0.621. The summed E-state index contributed by atoms with van der Waals surface area (Å²) in [5.41, 5.74) is 1.69. The van der Waals surface area contributed by atoms with E-state index in [1.54, 1.807) is 12.3 Å². The number of hydrogen-bond donors (Lipinski definition) is 1. The summed E-state index contributed by atoms with van der Waals surface area (Å²) in [6, 6.07) is 4.88. The van der Waals surface area contributed by atoms with Gasteiger partial charge in [0.15, 0.2) is 0 Å². The Kier molecular flexibility index (Phi) is 2.37. The molecule has 0 fully saturated rings. The van der Waals surface area contributed by atoms with Gasteiger partial charge in [-0.2, -0.15) is 0 Å². The van der Waals surface area contributed by atoms with Gasteiger partial charge in [-0.25, -0.2) is 9.37 Å². The Morgan fingerprint density at radius 2 is 2.21 bits per heavy atom. The van der Waals surface area contributed by atoms with Crippen molar-refractivity contribution in [3.63, 3.8) is 0 Å². The molecule has 2 aromatic rings. The van der Waals surface area contributed by atoms with E-state index >= 15 is 0 Å². The predicted molar refractivity (Wildman–Crippen MR) is 56.4 cm³/mol. The molecule has 2 rings (SSSR count). The molecule has 0 saturated carbocycles. The minimum absolute atomic E-state index is 0.281. The van der Waals surface area contributed by atoms with Crippen molar-refractivity contribution in [3.05, 3.63) is 40.4 Å². The molecule has 0 aliphatic carbocycles. The van der Waals surface area contributed by atoms with Crippen LogP contribution in [0.1, 0.15) is 5.69 Å². The van der Waals surface area contributed by atoms with Crippen molar-refractivity contribution in [3.8, 4) is 11.4 Å². The first-order valence-electron chi connectivity index (χ1n) is 4.14. The fraction of sp³-hybridized carbons (Fsp3) is 0.100. The molecule has 0 bridgehead atoms. The first-order chi connectivity index (χ1) is 6.68. The minimum Gasteiger partial charge on any atom is -0.342 e. The first-order valence-corrected chi connectivity index (χ1v) is 4.94. The van der Waals surface area contributed by atoms with E-state index in [1.807, 2.05) is 13.0 Å². The van der Waals surface area contributed by atoms with Gasteiger partial charge in [-0.1, -0.05) is 6.07 Å². The molecule has 0 atom stereocenters. The molecular weight excluding hydrogens is 247 g/mol. The van der Waals surface area contributed by atoms with Crippen molar-refractivity contribution < 1.29 is 4.39 Å². The molecule has 2 nitrogen and oxygen atoms in total. The first kappa shape index (κ1) is 9.40. The fourth-order valence-corrected chi connectivity index (χ4v) is 1.69. The van der Waals surface area contributed by atoms with E-state index in [9.17, 15) is 4.39 Å². The summed E-state index contributed by atoms with van der Waals surface area (Å²) in [5, 5.41) is 0. The van der Waals surface area contributed by atoms with Crippen molar-refractivity contribution >= 4 is 15.9 Å². The Morgan fingerprint density at radius 3 is 2.86 bits per heavy atom. The molecule has 1 heterocycles. The standard InChI is InChI=1S/C10H8BrFN2/c1-6-5-13-10(14-6)7-3-2-4-8(12)9(7)11/h2-5H,1H3,(H,13,14). The van der Waals surface area contributed by atoms with E-state index in [0.29, 0.717) is 10.3 Å². The second kappa shape index (κ2) is 3.53. The molecule has 0 aliphatic rings. The molecule has 0 unspecified atom stereocenters. The van der Waals surface area contributed by atoms with Crippen LogP contribution < -0.4 is 0 Å². The van der Waals surface area contributed by atoms with Crippen LogP contribution in [0.3, 0.4) is 0 Å². The average Bonchev–Trinajstić information content (AvgIpc) is 2.57. The zero-order chi connectivity index (χ0) is 10.1. The molecule has 14 heavy (non-hydrogen) atoms. The third kappa shape index (κ3) is 1.57. The number of benzene rings is 1.